The van der Waals surface area contributed by atoms with E-state index < -0.39 is 23.8 Å². The smallest absolute Gasteiger partial charge is 0.416 e. The highest BCUT2D eigenvalue weighted by molar-refractivity contribution is 9.10. The predicted octanol–water partition coefficient (Wildman–Crippen LogP) is 2.43. The van der Waals surface area contributed by atoms with Crippen LogP contribution in [0.25, 0.3) is 0 Å². The van der Waals surface area contributed by atoms with Crippen molar-refractivity contribution in [2.45, 2.75) is 18.6 Å². The van der Waals surface area contributed by atoms with Crippen LogP contribution in [-0.4, -0.2) is 24.2 Å². The summed E-state index contributed by atoms with van der Waals surface area (Å²) >= 11 is 2.98. The topological polar surface area (TPSA) is 72.5 Å². The number of rotatable bonds is 4. The highest BCUT2D eigenvalue weighted by Gasteiger charge is 2.32. The Morgan fingerprint density at radius 3 is 2.53 bits per heavy atom. The number of halogens is 4. The largest absolute Gasteiger partial charge is 0.496 e. The fourth-order valence-electron chi connectivity index (χ4n) is 1.46. The monoisotopic (exact) mass is 341 g/mol. The minimum atomic E-state index is -4.51. The normalized spacial score (nSPS) is 13.2. The molecule has 1 unspecified atom stereocenters. The Hall–Kier alpha value is -1.28. The summed E-state index contributed by atoms with van der Waals surface area (Å²) in [6.07, 6.45) is -4.65. The van der Waals surface area contributed by atoms with E-state index in [0.717, 1.165) is 12.1 Å². The van der Waals surface area contributed by atoms with Crippen LogP contribution in [0.3, 0.4) is 0 Å². The highest BCUT2D eigenvalue weighted by Crippen LogP contribution is 2.37. The summed E-state index contributed by atoms with van der Waals surface area (Å²) in [5.74, 6) is -1.30. The maximum absolute atomic E-state index is 12.6. The lowest BCUT2D eigenvalue weighted by Gasteiger charge is -2.16. The molecule has 106 valence electrons. The number of nitrogens with two attached hydrogens (primary N) is 1. The van der Waals surface area contributed by atoms with Crippen LogP contribution in [0, 0.1) is 0 Å². The van der Waals surface area contributed by atoms with E-state index in [4.69, 9.17) is 15.6 Å². The lowest BCUT2D eigenvalue weighted by molar-refractivity contribution is -0.139. The molecule has 0 aromatic heterocycles. The van der Waals surface area contributed by atoms with Crippen LogP contribution < -0.4 is 10.5 Å². The van der Waals surface area contributed by atoms with Crippen LogP contribution in [0.4, 0.5) is 13.2 Å². The van der Waals surface area contributed by atoms with Crippen molar-refractivity contribution in [3.63, 3.8) is 0 Å². The molecule has 0 aliphatic carbocycles. The average Bonchev–Trinajstić information content (AvgIpc) is 2.29. The van der Waals surface area contributed by atoms with Crippen molar-refractivity contribution in [1.82, 2.24) is 0 Å². The zero-order valence-corrected chi connectivity index (χ0v) is 11.4. The maximum Gasteiger partial charge on any atom is 0.416 e. The van der Waals surface area contributed by atoms with E-state index in [0.29, 0.717) is 0 Å². The van der Waals surface area contributed by atoms with Gasteiger partial charge in [-0.2, -0.15) is 13.2 Å². The summed E-state index contributed by atoms with van der Waals surface area (Å²) in [6.45, 7) is 0. The summed E-state index contributed by atoms with van der Waals surface area (Å²) < 4.78 is 42.8. The zero-order chi connectivity index (χ0) is 14.8. The second kappa shape index (κ2) is 5.79. The molecule has 0 bridgehead atoms. The van der Waals surface area contributed by atoms with E-state index in [9.17, 15) is 18.0 Å². The van der Waals surface area contributed by atoms with Crippen molar-refractivity contribution in [3.8, 4) is 5.75 Å². The molecule has 0 spiro atoms. The van der Waals surface area contributed by atoms with Crippen molar-refractivity contribution in [2.75, 3.05) is 7.11 Å². The molecule has 0 saturated carbocycles. The van der Waals surface area contributed by atoms with Gasteiger partial charge in [-0.05, 0) is 12.1 Å². The number of benzene rings is 1. The van der Waals surface area contributed by atoms with Gasteiger partial charge in [0.1, 0.15) is 11.8 Å². The van der Waals surface area contributed by atoms with Crippen LogP contribution in [0.2, 0.25) is 0 Å². The first-order valence-electron chi connectivity index (χ1n) is 5.08. The van der Waals surface area contributed by atoms with Crippen LogP contribution in [-0.2, 0) is 17.4 Å². The summed E-state index contributed by atoms with van der Waals surface area (Å²) in [6, 6.07) is 0.461. The first-order chi connectivity index (χ1) is 8.66. The predicted molar refractivity (Wildman–Crippen MR) is 65.0 cm³/mol. The molecule has 0 saturated heterocycles. The second-order valence-electron chi connectivity index (χ2n) is 3.79. The first kappa shape index (κ1) is 15.8. The maximum atomic E-state index is 12.6. The van der Waals surface area contributed by atoms with Gasteiger partial charge in [0.15, 0.2) is 0 Å². The van der Waals surface area contributed by atoms with Gasteiger partial charge >= 0.3 is 12.1 Å². The fraction of sp³-hybridized carbons (Fsp3) is 0.364. The van der Waals surface area contributed by atoms with Crippen LogP contribution in [0.5, 0.6) is 5.75 Å². The van der Waals surface area contributed by atoms with Crippen molar-refractivity contribution >= 4 is 21.9 Å². The molecule has 0 heterocycles. The van der Waals surface area contributed by atoms with E-state index in [1.165, 1.54) is 7.11 Å². The van der Waals surface area contributed by atoms with Crippen molar-refractivity contribution in [3.05, 3.63) is 27.7 Å². The Bertz CT molecular complexity index is 491. The minimum absolute atomic E-state index is 0.0570. The summed E-state index contributed by atoms with van der Waals surface area (Å²) in [7, 11) is 1.21. The number of alkyl halides is 3. The molecule has 19 heavy (non-hydrogen) atoms. The number of ether oxygens (including phenoxy) is 1. The van der Waals surface area contributed by atoms with Gasteiger partial charge in [-0.1, -0.05) is 15.9 Å². The van der Waals surface area contributed by atoms with Crippen molar-refractivity contribution in [1.29, 1.82) is 0 Å². The van der Waals surface area contributed by atoms with Gasteiger partial charge in [0, 0.05) is 16.5 Å². The van der Waals surface area contributed by atoms with E-state index in [-0.39, 0.29) is 22.2 Å². The number of hydrogen-bond acceptors (Lipinski definition) is 3. The number of methoxy groups -OCH3 is 1. The average molecular weight is 342 g/mol. The molecule has 1 aromatic rings. The van der Waals surface area contributed by atoms with Gasteiger partial charge in [0.25, 0.3) is 0 Å². The lowest BCUT2D eigenvalue weighted by Crippen LogP contribution is -2.32. The van der Waals surface area contributed by atoms with Crippen molar-refractivity contribution < 1.29 is 27.8 Å². The minimum Gasteiger partial charge on any atom is -0.496 e. The molecule has 8 heteroatoms. The third kappa shape index (κ3) is 3.84. The van der Waals surface area contributed by atoms with E-state index in [1.807, 2.05) is 0 Å². The van der Waals surface area contributed by atoms with Gasteiger partial charge in [0.05, 0.1) is 12.7 Å². The SMILES string of the molecule is COc1cc(C(F)(F)F)cc(Br)c1CC(N)C(=O)O. The fourth-order valence-corrected chi connectivity index (χ4v) is 2.07. The van der Waals surface area contributed by atoms with Gasteiger partial charge in [-0.3, -0.25) is 4.79 Å². The molecule has 0 aliphatic rings. The zero-order valence-electron chi connectivity index (χ0n) is 9.79. The van der Waals surface area contributed by atoms with E-state index in [2.05, 4.69) is 15.9 Å². The number of carboxylic acid groups (broad SMARTS) is 1. The molecular weight excluding hydrogens is 331 g/mol. The molecule has 0 fully saturated rings. The Morgan fingerprint density at radius 2 is 2.11 bits per heavy atom. The molecule has 1 aromatic carbocycles. The highest BCUT2D eigenvalue weighted by atomic mass is 79.9. The molecule has 0 amide bonds. The third-order valence-corrected chi connectivity index (χ3v) is 3.15. The van der Waals surface area contributed by atoms with Crippen molar-refractivity contribution in [2.24, 2.45) is 5.73 Å². The first-order valence-corrected chi connectivity index (χ1v) is 5.88. The van der Waals surface area contributed by atoms with Gasteiger partial charge in [-0.15, -0.1) is 0 Å². The Morgan fingerprint density at radius 1 is 1.53 bits per heavy atom. The molecule has 1 rings (SSSR count). The lowest BCUT2D eigenvalue weighted by atomic mass is 10.0. The molecule has 0 aliphatic heterocycles. The van der Waals surface area contributed by atoms with Gasteiger partial charge < -0.3 is 15.6 Å². The second-order valence-corrected chi connectivity index (χ2v) is 4.64. The number of carboxylic acids is 1. The Labute approximate surface area is 115 Å². The van der Waals surface area contributed by atoms with E-state index in [1.54, 1.807) is 0 Å². The van der Waals surface area contributed by atoms with Crippen LogP contribution in [0.1, 0.15) is 11.1 Å². The van der Waals surface area contributed by atoms with Crippen LogP contribution in [0.15, 0.2) is 16.6 Å². The molecule has 4 nitrogen and oxygen atoms in total. The molecule has 3 N–H and O–H groups in total. The van der Waals surface area contributed by atoms with Gasteiger partial charge in [-0.25, -0.2) is 0 Å². The number of aliphatic carboxylic acids is 1. The molecular formula is C11H11BrF3NO3. The number of carbonyl (C=O) groups is 1. The van der Waals surface area contributed by atoms with Gasteiger partial charge in [0.2, 0.25) is 0 Å². The number of hydrogen-bond donors (Lipinski definition) is 2. The van der Waals surface area contributed by atoms with Crippen LogP contribution >= 0.6 is 15.9 Å². The molecule has 0 radical (unpaired) electrons. The summed E-state index contributed by atoms with van der Waals surface area (Å²) in [4.78, 5) is 10.7. The third-order valence-electron chi connectivity index (χ3n) is 2.44. The quantitative estimate of drug-likeness (QED) is 0.882. The Balaban J connectivity index is 3.23. The summed E-state index contributed by atoms with van der Waals surface area (Å²) in [5.41, 5.74) is 4.76. The van der Waals surface area contributed by atoms with E-state index >= 15 is 0 Å². The Kier molecular flexibility index (Phi) is 4.81. The molecule has 1 atom stereocenters. The standard InChI is InChI=1S/C11H11BrF3NO3/c1-19-9-3-5(11(13,14)15)2-7(12)6(9)4-8(16)10(17)18/h2-3,8H,4,16H2,1H3,(H,17,18). The summed E-state index contributed by atoms with van der Waals surface area (Å²) in [5, 5.41) is 8.72.